The van der Waals surface area contributed by atoms with E-state index in [1.54, 1.807) is 42.5 Å². The summed E-state index contributed by atoms with van der Waals surface area (Å²) >= 11 is 6.14. The molecule has 2 aromatic carbocycles. The zero-order valence-electron chi connectivity index (χ0n) is 32.0. The molecule has 1 aliphatic carbocycles. The monoisotopic (exact) mass is 808 g/mol. The number of ether oxygens (including phenoxy) is 2. The first-order valence-corrected chi connectivity index (χ1v) is 20.5. The lowest BCUT2D eigenvalue weighted by atomic mass is 9.92. The van der Waals surface area contributed by atoms with E-state index in [4.69, 9.17) is 26.3 Å². The van der Waals surface area contributed by atoms with Gasteiger partial charge in [-0.2, -0.15) is 5.26 Å². The minimum absolute atomic E-state index is 0.0182. The molecule has 58 heavy (non-hydrogen) atoms. The molecule has 1 aromatic heterocycles. The zero-order valence-corrected chi connectivity index (χ0v) is 32.8. The average Bonchev–Trinajstić information content (AvgIpc) is 3.47. The van der Waals surface area contributed by atoms with Crippen molar-refractivity contribution in [3.63, 3.8) is 0 Å². The average molecular weight is 809 g/mol. The van der Waals surface area contributed by atoms with E-state index >= 15 is 0 Å². The summed E-state index contributed by atoms with van der Waals surface area (Å²) in [6.07, 6.45) is 7.07. The minimum Gasteiger partial charge on any atom is -0.490 e. The number of anilines is 1. The van der Waals surface area contributed by atoms with Crippen LogP contribution < -0.4 is 25.0 Å². The maximum absolute atomic E-state index is 13.2. The Morgan fingerprint density at radius 3 is 2.17 bits per heavy atom. The van der Waals surface area contributed by atoms with Crippen molar-refractivity contribution in [2.75, 3.05) is 37.6 Å². The fraction of sp³-hybridized carbons (Fsp3) is 0.476. The molecule has 2 N–H and O–H groups in total. The molecule has 1 saturated carbocycles. The standard InChI is InChI=1S/C42H45ClN8O7/c43-34-22-31(4-1-26(34)23-44)57-28-5-2-27(3-6-28)45-39(53)35-9-11-37(48-47-35)50-19-13-25(14-20-50)24-49-17-15-29(16-18-49)58-30-7-8-32-33(21-30)42(56)51(41(32)55)36-10-12-38(52)46-40(36)54/h1,4,7-9,11,21-22,25,27-29,36H,2-3,5-6,10,12-20,24H2,(H,45,53)(H,46,52,54)/t27-,28-,36?. The number of carbonyl (C=O) groups is 5. The van der Waals surface area contributed by atoms with Crippen LogP contribution in [0.4, 0.5) is 5.82 Å². The van der Waals surface area contributed by atoms with Gasteiger partial charge in [0.25, 0.3) is 17.7 Å². The highest BCUT2D eigenvalue weighted by atomic mass is 35.5. The highest BCUT2D eigenvalue weighted by Crippen LogP contribution is 2.32. The molecule has 5 heterocycles. The third-order valence-electron chi connectivity index (χ3n) is 12.0. The van der Waals surface area contributed by atoms with Gasteiger partial charge in [-0.3, -0.25) is 34.2 Å². The second-order valence-electron chi connectivity index (χ2n) is 15.8. The molecule has 15 nitrogen and oxygen atoms in total. The van der Waals surface area contributed by atoms with E-state index < -0.39 is 29.7 Å². The molecule has 4 fully saturated rings. The van der Waals surface area contributed by atoms with Crippen molar-refractivity contribution in [1.82, 2.24) is 30.6 Å². The molecule has 16 heteroatoms. The number of hydrogen-bond acceptors (Lipinski definition) is 12. The van der Waals surface area contributed by atoms with Crippen molar-refractivity contribution in [3.8, 4) is 17.6 Å². The maximum Gasteiger partial charge on any atom is 0.272 e. The summed E-state index contributed by atoms with van der Waals surface area (Å²) in [5, 5.41) is 23.5. The number of nitrogens with zero attached hydrogens (tertiary/aromatic N) is 6. The fourth-order valence-corrected chi connectivity index (χ4v) is 8.90. The number of hydrogen-bond donors (Lipinski definition) is 2. The number of fused-ring (bicyclic) bond motifs is 1. The molecule has 8 rings (SSSR count). The van der Waals surface area contributed by atoms with Crippen LogP contribution in [0.1, 0.15) is 101 Å². The van der Waals surface area contributed by atoms with E-state index in [0.29, 0.717) is 33.7 Å². The van der Waals surface area contributed by atoms with E-state index in [2.05, 4.69) is 36.7 Å². The van der Waals surface area contributed by atoms with Gasteiger partial charge in [-0.25, -0.2) is 0 Å². The predicted octanol–water partition coefficient (Wildman–Crippen LogP) is 4.28. The second kappa shape index (κ2) is 17.1. The Hall–Kier alpha value is -5.59. The van der Waals surface area contributed by atoms with Gasteiger partial charge in [0.15, 0.2) is 11.5 Å². The number of likely N-dealkylation sites (tertiary alicyclic amines) is 1. The molecular weight excluding hydrogens is 764 g/mol. The Labute approximate surface area is 341 Å². The van der Waals surface area contributed by atoms with Gasteiger partial charge in [0.1, 0.15) is 29.7 Å². The van der Waals surface area contributed by atoms with Crippen molar-refractivity contribution in [1.29, 1.82) is 5.26 Å². The van der Waals surface area contributed by atoms with Gasteiger partial charge in [-0.05, 0) is 106 Å². The van der Waals surface area contributed by atoms with Gasteiger partial charge in [-0.15, -0.1) is 10.2 Å². The Morgan fingerprint density at radius 1 is 0.810 bits per heavy atom. The highest BCUT2D eigenvalue weighted by Gasteiger charge is 2.45. The molecule has 5 aliphatic rings. The summed E-state index contributed by atoms with van der Waals surface area (Å²) in [5.41, 5.74) is 1.17. The molecule has 3 aromatic rings. The van der Waals surface area contributed by atoms with Crippen LogP contribution in [0.3, 0.4) is 0 Å². The Kier molecular flexibility index (Phi) is 11.6. The second-order valence-corrected chi connectivity index (χ2v) is 16.2. The zero-order chi connectivity index (χ0) is 40.3. The van der Waals surface area contributed by atoms with E-state index in [9.17, 15) is 24.0 Å². The number of amides is 5. The van der Waals surface area contributed by atoms with Crippen molar-refractivity contribution in [3.05, 3.63) is 75.9 Å². The summed E-state index contributed by atoms with van der Waals surface area (Å²) in [5.74, 6) is 0.148. The lowest BCUT2D eigenvalue weighted by Crippen LogP contribution is -2.54. The number of halogens is 1. The van der Waals surface area contributed by atoms with Crippen LogP contribution in [0.25, 0.3) is 0 Å². The molecule has 0 spiro atoms. The van der Waals surface area contributed by atoms with Gasteiger partial charge >= 0.3 is 0 Å². The molecule has 0 bridgehead atoms. The van der Waals surface area contributed by atoms with E-state index in [-0.39, 0.29) is 48.1 Å². The molecule has 3 saturated heterocycles. The topological polar surface area (TPSA) is 187 Å². The van der Waals surface area contributed by atoms with Crippen LogP contribution in [-0.2, 0) is 9.59 Å². The number of carbonyl (C=O) groups excluding carboxylic acids is 5. The Balaban J connectivity index is 0.736. The van der Waals surface area contributed by atoms with Gasteiger partial charge in [0.2, 0.25) is 11.8 Å². The maximum atomic E-state index is 13.2. The summed E-state index contributed by atoms with van der Waals surface area (Å²) < 4.78 is 12.4. The lowest BCUT2D eigenvalue weighted by molar-refractivity contribution is -0.136. The quantitative estimate of drug-likeness (QED) is 0.277. The first-order valence-electron chi connectivity index (χ1n) is 20.1. The number of nitriles is 1. The lowest BCUT2D eigenvalue weighted by Gasteiger charge is -2.38. The SMILES string of the molecule is N#Cc1ccc(O[C@H]2CC[C@H](NC(=O)c3ccc(N4CCC(CN5CCC(Oc6ccc7c(c6)C(=O)N(C6CCC(=O)NC6=O)C7=O)CC5)CC4)nn3)CC2)cc1Cl. The molecular formula is C42H45ClN8O7. The van der Waals surface area contributed by atoms with E-state index in [0.717, 1.165) is 94.8 Å². The van der Waals surface area contributed by atoms with Crippen LogP contribution in [0.5, 0.6) is 11.5 Å². The van der Waals surface area contributed by atoms with Crippen LogP contribution in [0.2, 0.25) is 5.02 Å². The van der Waals surface area contributed by atoms with Crippen molar-refractivity contribution >= 4 is 47.0 Å². The minimum atomic E-state index is -0.999. The number of imide groups is 2. The smallest absolute Gasteiger partial charge is 0.272 e. The fourth-order valence-electron chi connectivity index (χ4n) is 8.69. The number of benzene rings is 2. The number of piperidine rings is 3. The number of aromatic nitrogens is 2. The highest BCUT2D eigenvalue weighted by molar-refractivity contribution is 6.31. The normalized spacial score (nSPS) is 23.3. The largest absolute Gasteiger partial charge is 0.490 e. The summed E-state index contributed by atoms with van der Waals surface area (Å²) in [7, 11) is 0. The van der Waals surface area contributed by atoms with Crippen LogP contribution in [0, 0.1) is 17.2 Å². The molecule has 4 aliphatic heterocycles. The van der Waals surface area contributed by atoms with Gasteiger partial charge in [0.05, 0.1) is 27.8 Å². The summed E-state index contributed by atoms with van der Waals surface area (Å²) in [4.78, 5) is 68.9. The first kappa shape index (κ1) is 39.2. The molecule has 302 valence electrons. The summed E-state index contributed by atoms with van der Waals surface area (Å²) in [6, 6.07) is 14.7. The molecule has 5 amide bonds. The van der Waals surface area contributed by atoms with Gasteiger partial charge < -0.3 is 24.6 Å². The Morgan fingerprint density at radius 2 is 1.50 bits per heavy atom. The van der Waals surface area contributed by atoms with Crippen molar-refractivity contribution < 1.29 is 33.4 Å². The van der Waals surface area contributed by atoms with Gasteiger partial charge in [-0.1, -0.05) is 11.6 Å². The molecule has 1 unspecified atom stereocenters. The van der Waals surface area contributed by atoms with E-state index in [1.807, 2.05) is 6.07 Å². The van der Waals surface area contributed by atoms with Gasteiger partial charge in [0, 0.05) is 51.3 Å². The molecule has 0 radical (unpaired) electrons. The molecule has 1 atom stereocenters. The Bertz CT molecular complexity index is 2120. The first-order chi connectivity index (χ1) is 28.1. The van der Waals surface area contributed by atoms with Crippen LogP contribution in [-0.4, -0.2) is 107 Å². The van der Waals surface area contributed by atoms with Crippen LogP contribution >= 0.6 is 11.6 Å². The summed E-state index contributed by atoms with van der Waals surface area (Å²) in [6.45, 7) is 4.54. The number of rotatable bonds is 10. The van der Waals surface area contributed by atoms with E-state index in [1.165, 1.54) is 0 Å². The van der Waals surface area contributed by atoms with Crippen molar-refractivity contribution in [2.24, 2.45) is 5.92 Å². The third-order valence-corrected chi connectivity index (χ3v) is 12.3. The number of nitrogens with one attached hydrogen (secondary N) is 2. The third kappa shape index (κ3) is 8.63. The van der Waals surface area contributed by atoms with Crippen LogP contribution in [0.15, 0.2) is 48.5 Å². The van der Waals surface area contributed by atoms with Crippen molar-refractivity contribution in [2.45, 2.75) is 88.5 Å². The predicted molar refractivity (Wildman–Crippen MR) is 210 cm³/mol.